The summed E-state index contributed by atoms with van der Waals surface area (Å²) in [6.07, 6.45) is 0. The third-order valence-corrected chi connectivity index (χ3v) is 3.32. The maximum absolute atomic E-state index is 12.3. The average molecular weight is 309 g/mol. The van der Waals surface area contributed by atoms with E-state index in [0.717, 1.165) is 19.6 Å². The number of nitrogens with zero attached hydrogens (tertiary/aromatic N) is 1. The molecular formula is C17H27NO4. The van der Waals surface area contributed by atoms with Crippen LogP contribution in [0.2, 0.25) is 0 Å². The van der Waals surface area contributed by atoms with Gasteiger partial charge in [0, 0.05) is 6.54 Å². The van der Waals surface area contributed by atoms with Crippen LogP contribution in [0.3, 0.4) is 0 Å². The Labute approximate surface area is 133 Å². The van der Waals surface area contributed by atoms with E-state index in [4.69, 9.17) is 14.2 Å². The van der Waals surface area contributed by atoms with Gasteiger partial charge in [-0.05, 0) is 39.1 Å². The highest BCUT2D eigenvalue weighted by molar-refractivity contribution is 5.93. The molecule has 5 heteroatoms. The van der Waals surface area contributed by atoms with Crippen LogP contribution in [0.1, 0.15) is 38.1 Å². The first-order valence-electron chi connectivity index (χ1n) is 7.95. The smallest absolute Gasteiger partial charge is 0.342 e. The van der Waals surface area contributed by atoms with E-state index in [1.807, 2.05) is 13.8 Å². The van der Waals surface area contributed by atoms with Gasteiger partial charge in [0.2, 0.25) is 0 Å². The van der Waals surface area contributed by atoms with E-state index < -0.39 is 0 Å². The van der Waals surface area contributed by atoms with Gasteiger partial charge in [-0.25, -0.2) is 4.79 Å². The zero-order chi connectivity index (χ0) is 16.4. The molecule has 22 heavy (non-hydrogen) atoms. The van der Waals surface area contributed by atoms with Gasteiger partial charge < -0.3 is 19.1 Å². The van der Waals surface area contributed by atoms with Crippen molar-refractivity contribution in [3.8, 4) is 11.5 Å². The van der Waals surface area contributed by atoms with Crippen molar-refractivity contribution in [3.63, 3.8) is 0 Å². The van der Waals surface area contributed by atoms with Crippen molar-refractivity contribution < 1.29 is 19.0 Å². The van der Waals surface area contributed by atoms with Crippen LogP contribution in [-0.2, 0) is 4.74 Å². The summed E-state index contributed by atoms with van der Waals surface area (Å²) in [5.41, 5.74) is 0.410. The molecule has 1 rings (SSSR count). The third kappa shape index (κ3) is 5.22. The van der Waals surface area contributed by atoms with Crippen molar-refractivity contribution in [2.45, 2.75) is 27.7 Å². The second-order valence-corrected chi connectivity index (χ2v) is 4.66. The number of hydrogen-bond acceptors (Lipinski definition) is 5. The number of likely N-dealkylation sites (N-methyl/N-ethyl adjacent to an activating group) is 1. The van der Waals surface area contributed by atoms with Gasteiger partial charge in [-0.3, -0.25) is 0 Å². The molecule has 0 aliphatic carbocycles. The second kappa shape index (κ2) is 10.1. The highest BCUT2D eigenvalue weighted by atomic mass is 16.5. The first-order valence-corrected chi connectivity index (χ1v) is 7.95. The normalized spacial score (nSPS) is 10.6. The lowest BCUT2D eigenvalue weighted by molar-refractivity contribution is 0.0461. The summed E-state index contributed by atoms with van der Waals surface area (Å²) < 4.78 is 16.5. The predicted octanol–water partition coefficient (Wildman–Crippen LogP) is 2.98. The average Bonchev–Trinajstić information content (AvgIpc) is 2.53. The SMILES string of the molecule is CCOc1cccc(C(=O)OCCN(CC)CC)c1OCC. The van der Waals surface area contributed by atoms with Crippen LogP contribution >= 0.6 is 0 Å². The topological polar surface area (TPSA) is 48.0 Å². The molecule has 0 N–H and O–H groups in total. The molecule has 124 valence electrons. The number of hydrogen-bond donors (Lipinski definition) is 0. The Bertz CT molecular complexity index is 458. The fourth-order valence-electron chi connectivity index (χ4n) is 2.12. The molecule has 0 radical (unpaired) electrons. The van der Waals surface area contributed by atoms with Crippen LogP contribution in [-0.4, -0.2) is 50.3 Å². The lowest BCUT2D eigenvalue weighted by Gasteiger charge is -2.18. The second-order valence-electron chi connectivity index (χ2n) is 4.66. The Kier molecular flexibility index (Phi) is 8.36. The zero-order valence-electron chi connectivity index (χ0n) is 14.1. The van der Waals surface area contributed by atoms with Gasteiger partial charge in [0.05, 0.1) is 13.2 Å². The summed E-state index contributed by atoms with van der Waals surface area (Å²) in [7, 11) is 0. The molecule has 0 bridgehead atoms. The van der Waals surface area contributed by atoms with Gasteiger partial charge in [-0.2, -0.15) is 0 Å². The monoisotopic (exact) mass is 309 g/mol. The van der Waals surface area contributed by atoms with E-state index in [1.165, 1.54) is 0 Å². The van der Waals surface area contributed by atoms with Crippen molar-refractivity contribution in [2.75, 3.05) is 39.5 Å². The Morgan fingerprint density at radius 3 is 2.32 bits per heavy atom. The highest BCUT2D eigenvalue weighted by Crippen LogP contribution is 2.31. The fraction of sp³-hybridized carbons (Fsp3) is 0.588. The quantitative estimate of drug-likeness (QED) is 0.622. The number of rotatable bonds is 10. The molecule has 1 aromatic rings. The largest absolute Gasteiger partial charge is 0.490 e. The third-order valence-electron chi connectivity index (χ3n) is 3.32. The van der Waals surface area contributed by atoms with Crippen LogP contribution in [0.4, 0.5) is 0 Å². The van der Waals surface area contributed by atoms with Gasteiger partial charge in [-0.15, -0.1) is 0 Å². The first-order chi connectivity index (χ1) is 10.7. The van der Waals surface area contributed by atoms with Gasteiger partial charge in [0.25, 0.3) is 0 Å². The summed E-state index contributed by atoms with van der Waals surface area (Å²) >= 11 is 0. The van der Waals surface area contributed by atoms with Crippen molar-refractivity contribution >= 4 is 5.97 Å². The zero-order valence-corrected chi connectivity index (χ0v) is 14.1. The molecule has 0 heterocycles. The molecule has 0 aliphatic heterocycles. The molecule has 1 aromatic carbocycles. The van der Waals surface area contributed by atoms with Gasteiger partial charge in [0.1, 0.15) is 12.2 Å². The van der Waals surface area contributed by atoms with Crippen molar-refractivity contribution in [1.29, 1.82) is 0 Å². The molecular weight excluding hydrogens is 282 g/mol. The van der Waals surface area contributed by atoms with E-state index in [-0.39, 0.29) is 5.97 Å². The van der Waals surface area contributed by atoms with Gasteiger partial charge >= 0.3 is 5.97 Å². The maximum atomic E-state index is 12.3. The van der Waals surface area contributed by atoms with Gasteiger partial charge in [-0.1, -0.05) is 19.9 Å². The number of para-hydroxylation sites is 1. The molecule has 0 spiro atoms. The maximum Gasteiger partial charge on any atom is 0.342 e. The van der Waals surface area contributed by atoms with E-state index in [9.17, 15) is 4.79 Å². The number of carbonyl (C=O) groups is 1. The summed E-state index contributed by atoms with van der Waals surface area (Å²) in [6, 6.07) is 5.27. The van der Waals surface area contributed by atoms with E-state index in [2.05, 4.69) is 18.7 Å². The molecule has 0 amide bonds. The lowest BCUT2D eigenvalue weighted by Crippen LogP contribution is -2.28. The van der Waals surface area contributed by atoms with Crippen LogP contribution in [0.5, 0.6) is 11.5 Å². The fourth-order valence-corrected chi connectivity index (χ4v) is 2.12. The number of benzene rings is 1. The minimum Gasteiger partial charge on any atom is -0.490 e. The molecule has 0 aromatic heterocycles. The summed E-state index contributed by atoms with van der Waals surface area (Å²) in [6.45, 7) is 11.9. The Morgan fingerprint density at radius 2 is 1.73 bits per heavy atom. The lowest BCUT2D eigenvalue weighted by atomic mass is 10.2. The molecule has 0 saturated carbocycles. The summed E-state index contributed by atoms with van der Waals surface area (Å²) in [5, 5.41) is 0. The van der Waals surface area contributed by atoms with Crippen molar-refractivity contribution in [1.82, 2.24) is 4.90 Å². The van der Waals surface area contributed by atoms with Crippen LogP contribution in [0, 0.1) is 0 Å². The molecule has 5 nitrogen and oxygen atoms in total. The van der Waals surface area contributed by atoms with Crippen molar-refractivity contribution in [3.05, 3.63) is 23.8 Å². The minimum absolute atomic E-state index is 0.366. The van der Waals surface area contributed by atoms with E-state index in [1.54, 1.807) is 18.2 Å². The van der Waals surface area contributed by atoms with E-state index in [0.29, 0.717) is 36.9 Å². The van der Waals surface area contributed by atoms with Crippen LogP contribution in [0.25, 0.3) is 0 Å². The predicted molar refractivity (Wildman–Crippen MR) is 86.9 cm³/mol. The molecule has 0 fully saturated rings. The Hall–Kier alpha value is -1.75. The Balaban J connectivity index is 2.77. The van der Waals surface area contributed by atoms with Crippen LogP contribution in [0.15, 0.2) is 18.2 Å². The first kappa shape index (κ1) is 18.3. The minimum atomic E-state index is -0.378. The number of carbonyl (C=O) groups excluding carboxylic acids is 1. The van der Waals surface area contributed by atoms with Gasteiger partial charge in [0.15, 0.2) is 11.5 Å². The molecule has 0 atom stereocenters. The highest BCUT2D eigenvalue weighted by Gasteiger charge is 2.18. The number of esters is 1. The Morgan fingerprint density at radius 1 is 1.05 bits per heavy atom. The van der Waals surface area contributed by atoms with E-state index >= 15 is 0 Å². The summed E-state index contributed by atoms with van der Waals surface area (Å²) in [4.78, 5) is 14.5. The summed E-state index contributed by atoms with van der Waals surface area (Å²) in [5.74, 6) is 0.652. The molecule has 0 unspecified atom stereocenters. The number of ether oxygens (including phenoxy) is 3. The van der Waals surface area contributed by atoms with Crippen molar-refractivity contribution in [2.24, 2.45) is 0 Å². The molecule has 0 aliphatic rings. The van der Waals surface area contributed by atoms with Crippen LogP contribution < -0.4 is 9.47 Å². The standard InChI is InChI=1S/C17H27NO4/c1-5-18(6-2)12-13-22-17(19)14-10-9-11-15(20-7-3)16(14)21-8-4/h9-11H,5-8,12-13H2,1-4H3. The molecule has 0 saturated heterocycles.